The lowest BCUT2D eigenvalue weighted by Crippen LogP contribution is -2.26. The summed E-state index contributed by atoms with van der Waals surface area (Å²) in [4.78, 5) is 11.3. The average Bonchev–Trinajstić information content (AvgIpc) is 2.17. The standard InChI is InChI=1S/C13H19NO/c1-10(2)8-12(13(14)15)9-11-6-4-3-5-7-11/h3-7,10,12H,8-9H2,1-2H3,(H2,14,15). The van der Waals surface area contributed by atoms with Gasteiger partial charge in [0.2, 0.25) is 5.91 Å². The van der Waals surface area contributed by atoms with Crippen molar-refractivity contribution in [2.24, 2.45) is 17.6 Å². The summed E-state index contributed by atoms with van der Waals surface area (Å²) in [6, 6.07) is 10.0. The molecule has 0 aliphatic heterocycles. The molecule has 1 aromatic carbocycles. The van der Waals surface area contributed by atoms with Gasteiger partial charge in [0, 0.05) is 5.92 Å². The van der Waals surface area contributed by atoms with Crippen molar-refractivity contribution in [3.8, 4) is 0 Å². The minimum absolute atomic E-state index is 0.0348. The summed E-state index contributed by atoms with van der Waals surface area (Å²) < 4.78 is 0. The van der Waals surface area contributed by atoms with E-state index in [9.17, 15) is 4.79 Å². The molecule has 1 amide bonds. The third kappa shape index (κ3) is 4.15. The maximum absolute atomic E-state index is 11.3. The zero-order valence-corrected chi connectivity index (χ0v) is 9.44. The van der Waals surface area contributed by atoms with Gasteiger partial charge in [-0.3, -0.25) is 4.79 Å². The second kappa shape index (κ2) is 5.54. The Hall–Kier alpha value is -1.31. The number of carbonyl (C=O) groups excluding carboxylic acids is 1. The van der Waals surface area contributed by atoms with Crippen LogP contribution in [0.3, 0.4) is 0 Å². The molecule has 1 atom stereocenters. The molecular weight excluding hydrogens is 186 g/mol. The van der Waals surface area contributed by atoms with E-state index in [1.165, 1.54) is 5.56 Å². The van der Waals surface area contributed by atoms with Crippen molar-refractivity contribution in [3.05, 3.63) is 35.9 Å². The number of primary amides is 1. The van der Waals surface area contributed by atoms with Crippen LogP contribution in [0.4, 0.5) is 0 Å². The third-order valence-electron chi connectivity index (χ3n) is 2.48. The lowest BCUT2D eigenvalue weighted by molar-refractivity contribution is -0.122. The molecule has 0 bridgehead atoms. The van der Waals surface area contributed by atoms with E-state index >= 15 is 0 Å². The molecule has 1 aromatic rings. The summed E-state index contributed by atoms with van der Waals surface area (Å²) in [5.41, 5.74) is 6.58. The number of carbonyl (C=O) groups is 1. The quantitative estimate of drug-likeness (QED) is 0.788. The molecule has 82 valence electrons. The molecule has 0 heterocycles. The van der Waals surface area contributed by atoms with Gasteiger partial charge in [-0.2, -0.15) is 0 Å². The Morgan fingerprint density at radius 3 is 2.33 bits per heavy atom. The Morgan fingerprint density at radius 1 is 1.27 bits per heavy atom. The minimum Gasteiger partial charge on any atom is -0.369 e. The Kier molecular flexibility index (Phi) is 4.35. The molecule has 1 rings (SSSR count). The summed E-state index contributed by atoms with van der Waals surface area (Å²) in [5, 5.41) is 0. The molecule has 0 aromatic heterocycles. The van der Waals surface area contributed by atoms with E-state index in [1.807, 2.05) is 30.3 Å². The van der Waals surface area contributed by atoms with Crippen molar-refractivity contribution in [2.45, 2.75) is 26.7 Å². The number of nitrogens with two attached hydrogens (primary N) is 1. The number of benzene rings is 1. The van der Waals surface area contributed by atoms with Crippen molar-refractivity contribution >= 4 is 5.91 Å². The number of hydrogen-bond donors (Lipinski definition) is 1. The highest BCUT2D eigenvalue weighted by atomic mass is 16.1. The lowest BCUT2D eigenvalue weighted by atomic mass is 9.90. The Morgan fingerprint density at radius 2 is 1.87 bits per heavy atom. The lowest BCUT2D eigenvalue weighted by Gasteiger charge is -2.15. The Balaban J connectivity index is 2.63. The maximum atomic E-state index is 11.3. The fourth-order valence-corrected chi connectivity index (χ4v) is 1.77. The van der Waals surface area contributed by atoms with Crippen LogP contribution in [-0.2, 0) is 11.2 Å². The van der Waals surface area contributed by atoms with Gasteiger partial charge in [0.05, 0.1) is 0 Å². The van der Waals surface area contributed by atoms with Gasteiger partial charge in [-0.25, -0.2) is 0 Å². The normalized spacial score (nSPS) is 12.7. The molecule has 2 nitrogen and oxygen atoms in total. The van der Waals surface area contributed by atoms with Gasteiger partial charge in [-0.15, -0.1) is 0 Å². The number of hydrogen-bond acceptors (Lipinski definition) is 1. The van der Waals surface area contributed by atoms with E-state index in [0.29, 0.717) is 5.92 Å². The Bertz CT molecular complexity index is 306. The maximum Gasteiger partial charge on any atom is 0.220 e. The first-order valence-corrected chi connectivity index (χ1v) is 5.43. The molecule has 2 N–H and O–H groups in total. The highest BCUT2D eigenvalue weighted by Crippen LogP contribution is 2.16. The van der Waals surface area contributed by atoms with E-state index in [4.69, 9.17) is 5.73 Å². The van der Waals surface area contributed by atoms with E-state index in [1.54, 1.807) is 0 Å². The van der Waals surface area contributed by atoms with Crippen molar-refractivity contribution in [1.29, 1.82) is 0 Å². The molecule has 0 spiro atoms. The van der Waals surface area contributed by atoms with Crippen LogP contribution in [0.1, 0.15) is 25.8 Å². The molecule has 0 radical (unpaired) electrons. The zero-order chi connectivity index (χ0) is 11.3. The minimum atomic E-state index is -0.187. The van der Waals surface area contributed by atoms with Gasteiger partial charge in [-0.1, -0.05) is 44.2 Å². The van der Waals surface area contributed by atoms with Crippen molar-refractivity contribution in [1.82, 2.24) is 0 Å². The summed E-state index contributed by atoms with van der Waals surface area (Å²) in [6.45, 7) is 4.22. The highest BCUT2D eigenvalue weighted by Gasteiger charge is 2.17. The first-order chi connectivity index (χ1) is 7.09. The smallest absolute Gasteiger partial charge is 0.220 e. The summed E-state index contributed by atoms with van der Waals surface area (Å²) >= 11 is 0. The van der Waals surface area contributed by atoms with Crippen molar-refractivity contribution < 1.29 is 4.79 Å². The van der Waals surface area contributed by atoms with Gasteiger partial charge in [-0.05, 0) is 24.3 Å². The van der Waals surface area contributed by atoms with E-state index in [-0.39, 0.29) is 11.8 Å². The second-order valence-electron chi connectivity index (χ2n) is 4.42. The largest absolute Gasteiger partial charge is 0.369 e. The van der Waals surface area contributed by atoms with Crippen LogP contribution in [0.5, 0.6) is 0 Å². The van der Waals surface area contributed by atoms with Gasteiger partial charge in [0.15, 0.2) is 0 Å². The fraction of sp³-hybridized carbons (Fsp3) is 0.462. The van der Waals surface area contributed by atoms with Crippen LogP contribution in [0.2, 0.25) is 0 Å². The zero-order valence-electron chi connectivity index (χ0n) is 9.44. The molecule has 15 heavy (non-hydrogen) atoms. The van der Waals surface area contributed by atoms with Crippen LogP contribution in [0.15, 0.2) is 30.3 Å². The molecule has 0 aliphatic rings. The molecule has 1 unspecified atom stereocenters. The topological polar surface area (TPSA) is 43.1 Å². The first-order valence-electron chi connectivity index (χ1n) is 5.43. The second-order valence-corrected chi connectivity index (χ2v) is 4.42. The summed E-state index contributed by atoms with van der Waals surface area (Å²) in [6.07, 6.45) is 1.62. The van der Waals surface area contributed by atoms with Crippen LogP contribution in [0.25, 0.3) is 0 Å². The summed E-state index contributed by atoms with van der Waals surface area (Å²) in [7, 11) is 0. The van der Waals surface area contributed by atoms with Gasteiger partial charge >= 0.3 is 0 Å². The van der Waals surface area contributed by atoms with Gasteiger partial charge < -0.3 is 5.73 Å². The highest BCUT2D eigenvalue weighted by molar-refractivity contribution is 5.76. The van der Waals surface area contributed by atoms with Crippen molar-refractivity contribution in [3.63, 3.8) is 0 Å². The molecule has 0 saturated carbocycles. The van der Waals surface area contributed by atoms with Crippen LogP contribution in [-0.4, -0.2) is 5.91 Å². The molecule has 2 heteroatoms. The fourth-order valence-electron chi connectivity index (χ4n) is 1.77. The van der Waals surface area contributed by atoms with E-state index in [2.05, 4.69) is 13.8 Å². The third-order valence-corrected chi connectivity index (χ3v) is 2.48. The van der Waals surface area contributed by atoms with E-state index in [0.717, 1.165) is 12.8 Å². The molecule has 0 aliphatic carbocycles. The summed E-state index contributed by atoms with van der Waals surface area (Å²) in [5.74, 6) is 0.283. The van der Waals surface area contributed by atoms with E-state index < -0.39 is 0 Å². The monoisotopic (exact) mass is 205 g/mol. The van der Waals surface area contributed by atoms with Crippen molar-refractivity contribution in [2.75, 3.05) is 0 Å². The van der Waals surface area contributed by atoms with Crippen LogP contribution >= 0.6 is 0 Å². The van der Waals surface area contributed by atoms with Gasteiger partial charge in [0.1, 0.15) is 0 Å². The van der Waals surface area contributed by atoms with Crippen LogP contribution < -0.4 is 5.73 Å². The SMILES string of the molecule is CC(C)CC(Cc1ccccc1)C(N)=O. The first kappa shape index (κ1) is 11.8. The number of amides is 1. The Labute approximate surface area is 91.5 Å². The average molecular weight is 205 g/mol. The van der Waals surface area contributed by atoms with Gasteiger partial charge in [0.25, 0.3) is 0 Å². The predicted molar refractivity (Wildman–Crippen MR) is 62.3 cm³/mol. The molecule has 0 fully saturated rings. The number of rotatable bonds is 5. The van der Waals surface area contributed by atoms with Crippen LogP contribution in [0, 0.1) is 11.8 Å². The predicted octanol–water partition coefficient (Wildman–Crippen LogP) is 2.38. The molecule has 0 saturated heterocycles. The molecular formula is C13H19NO.